The number of nitrogens with one attached hydrogen (secondary N) is 1. The minimum absolute atomic E-state index is 0.0218. The van der Waals surface area contributed by atoms with Gasteiger partial charge in [-0.05, 0) is 37.1 Å². The van der Waals surface area contributed by atoms with Gasteiger partial charge >= 0.3 is 7.60 Å². The highest BCUT2D eigenvalue weighted by Gasteiger charge is 2.22. The quantitative estimate of drug-likeness (QED) is 0.443. The van der Waals surface area contributed by atoms with E-state index >= 15 is 0 Å². The Morgan fingerprint density at radius 2 is 1.93 bits per heavy atom. The zero-order valence-electron chi connectivity index (χ0n) is 16.0. The fourth-order valence-electron chi connectivity index (χ4n) is 2.80. The molecule has 0 bridgehead atoms. The Morgan fingerprint density at radius 3 is 2.57 bits per heavy atom. The van der Waals surface area contributed by atoms with Crippen LogP contribution in [-0.2, 0) is 15.3 Å². The topological polar surface area (TPSA) is 84.3 Å². The van der Waals surface area contributed by atoms with Gasteiger partial charge in [-0.25, -0.2) is 9.97 Å². The van der Waals surface area contributed by atoms with E-state index in [4.69, 9.17) is 4.52 Å². The minimum atomic E-state index is -3.67. The Bertz CT molecular complexity index is 1030. The maximum atomic E-state index is 12.3. The van der Waals surface area contributed by atoms with E-state index in [0.717, 1.165) is 32.3 Å². The predicted octanol–water partition coefficient (Wildman–Crippen LogP) is 5.60. The molecule has 3 rings (SSSR count). The summed E-state index contributed by atoms with van der Waals surface area (Å²) in [5, 5.41) is 4.05. The van der Waals surface area contributed by atoms with Crippen LogP contribution in [0.3, 0.4) is 0 Å². The summed E-state index contributed by atoms with van der Waals surface area (Å²) in [5.41, 5.74) is 2.40. The summed E-state index contributed by atoms with van der Waals surface area (Å²) in [5.74, 6) is 1.33. The van der Waals surface area contributed by atoms with Crippen LogP contribution in [0.25, 0.3) is 22.3 Å². The van der Waals surface area contributed by atoms with Crippen LogP contribution in [0.2, 0.25) is 0 Å². The number of aromatic nitrogens is 2. The second-order valence-corrected chi connectivity index (χ2v) is 9.34. The molecule has 0 aliphatic carbocycles. The lowest BCUT2D eigenvalue weighted by molar-refractivity contribution is 0.185. The first-order valence-electron chi connectivity index (χ1n) is 9.06. The average molecular weight is 464 g/mol. The Hall–Kier alpha value is -1.79. The van der Waals surface area contributed by atoms with E-state index in [0.29, 0.717) is 12.2 Å². The van der Waals surface area contributed by atoms with Crippen molar-refractivity contribution in [1.29, 1.82) is 0 Å². The molecule has 6 nitrogen and oxygen atoms in total. The molecular formula is C20H23BrN3O3P. The molecule has 8 heteroatoms. The minimum Gasteiger partial charge on any atom is -0.373 e. The first-order chi connectivity index (χ1) is 13.3. The van der Waals surface area contributed by atoms with Crippen molar-refractivity contribution in [2.75, 3.05) is 12.4 Å². The third-order valence-electron chi connectivity index (χ3n) is 4.41. The molecule has 2 N–H and O–H groups in total. The summed E-state index contributed by atoms with van der Waals surface area (Å²) in [7, 11) is -1.84. The maximum Gasteiger partial charge on any atom is 0.332 e. The van der Waals surface area contributed by atoms with Gasteiger partial charge in [0.2, 0.25) is 0 Å². The molecule has 0 saturated carbocycles. The largest absolute Gasteiger partial charge is 0.373 e. The zero-order valence-corrected chi connectivity index (χ0v) is 18.5. The number of hydrogen-bond acceptors (Lipinski definition) is 5. The second-order valence-electron chi connectivity index (χ2n) is 6.62. The lowest BCUT2D eigenvalue weighted by atomic mass is 10.1. The Morgan fingerprint density at radius 1 is 1.21 bits per heavy atom. The van der Waals surface area contributed by atoms with E-state index < -0.39 is 7.60 Å². The lowest BCUT2D eigenvalue weighted by Gasteiger charge is -2.16. The van der Waals surface area contributed by atoms with Crippen molar-refractivity contribution in [1.82, 2.24) is 9.97 Å². The Kier molecular flexibility index (Phi) is 6.50. The highest BCUT2D eigenvalue weighted by Crippen LogP contribution is 2.47. The summed E-state index contributed by atoms with van der Waals surface area (Å²) in [6.07, 6.45) is 0.417. The highest BCUT2D eigenvalue weighted by atomic mass is 79.9. The van der Waals surface area contributed by atoms with Gasteiger partial charge in [-0.15, -0.1) is 0 Å². The van der Waals surface area contributed by atoms with Gasteiger partial charge in [0.1, 0.15) is 5.82 Å². The molecule has 2 unspecified atom stereocenters. The molecule has 0 spiro atoms. The summed E-state index contributed by atoms with van der Waals surface area (Å²) in [4.78, 5) is 19.3. The van der Waals surface area contributed by atoms with Crippen molar-refractivity contribution in [3.63, 3.8) is 0 Å². The molecule has 1 heterocycles. The summed E-state index contributed by atoms with van der Waals surface area (Å²) >= 11 is 3.47. The van der Waals surface area contributed by atoms with Crippen LogP contribution in [0.5, 0.6) is 0 Å². The maximum absolute atomic E-state index is 12.3. The van der Waals surface area contributed by atoms with Crippen molar-refractivity contribution in [2.45, 2.75) is 32.5 Å². The van der Waals surface area contributed by atoms with E-state index in [1.807, 2.05) is 56.4 Å². The third kappa shape index (κ3) is 4.97. The third-order valence-corrected chi connectivity index (χ3v) is 6.36. The van der Waals surface area contributed by atoms with Crippen molar-refractivity contribution in [3.8, 4) is 11.4 Å². The normalized spacial score (nSPS) is 14.6. The molecule has 0 radical (unpaired) electrons. The number of nitrogens with zero attached hydrogens (tertiary/aromatic N) is 2. The van der Waals surface area contributed by atoms with E-state index in [1.54, 1.807) is 6.92 Å². The van der Waals surface area contributed by atoms with Gasteiger partial charge in [0.05, 0.1) is 17.8 Å². The standard InChI is InChI=1S/C20H23BrN3O3P/c1-4-13(2)27-28(25,26)12-14-5-7-15(8-6-14)19-23-18-10-9-16(21)11-17(18)20(22-3)24-19/h5-11,13H,4,12H2,1-3H3,(H,25,26)(H,22,23,24). The van der Waals surface area contributed by atoms with Gasteiger partial charge < -0.3 is 14.7 Å². The van der Waals surface area contributed by atoms with Crippen molar-refractivity contribution < 1.29 is 14.0 Å². The predicted molar refractivity (Wildman–Crippen MR) is 117 cm³/mol. The van der Waals surface area contributed by atoms with E-state index in [-0.39, 0.29) is 12.3 Å². The lowest BCUT2D eigenvalue weighted by Crippen LogP contribution is -2.05. The zero-order chi connectivity index (χ0) is 20.3. The van der Waals surface area contributed by atoms with Gasteiger partial charge in [-0.2, -0.15) is 0 Å². The van der Waals surface area contributed by atoms with Crippen LogP contribution in [0.15, 0.2) is 46.9 Å². The van der Waals surface area contributed by atoms with Gasteiger partial charge in [0.15, 0.2) is 5.82 Å². The Labute approximate surface area is 173 Å². The highest BCUT2D eigenvalue weighted by molar-refractivity contribution is 9.10. The number of anilines is 1. The van der Waals surface area contributed by atoms with Gasteiger partial charge in [-0.3, -0.25) is 4.57 Å². The molecule has 2 atom stereocenters. The van der Waals surface area contributed by atoms with Crippen LogP contribution in [-0.4, -0.2) is 28.0 Å². The van der Waals surface area contributed by atoms with Crippen LogP contribution in [0.4, 0.5) is 5.82 Å². The van der Waals surface area contributed by atoms with Crippen molar-refractivity contribution in [2.24, 2.45) is 0 Å². The summed E-state index contributed by atoms with van der Waals surface area (Å²) in [6.45, 7) is 3.71. The Balaban J connectivity index is 1.87. The smallest absolute Gasteiger partial charge is 0.332 e. The SMILES string of the molecule is CCC(C)OP(=O)(O)Cc1ccc(-c2nc(NC)c3cc(Br)ccc3n2)cc1. The molecule has 0 fully saturated rings. The number of rotatable bonds is 7. The molecule has 28 heavy (non-hydrogen) atoms. The first-order valence-corrected chi connectivity index (χ1v) is 11.6. The second kappa shape index (κ2) is 8.70. The number of halogens is 1. The van der Waals surface area contributed by atoms with Crippen molar-refractivity contribution >= 4 is 40.2 Å². The fraction of sp³-hybridized carbons (Fsp3) is 0.300. The average Bonchev–Trinajstić information content (AvgIpc) is 2.67. The molecule has 148 valence electrons. The van der Waals surface area contributed by atoms with E-state index in [9.17, 15) is 9.46 Å². The number of fused-ring (bicyclic) bond motifs is 1. The van der Waals surface area contributed by atoms with Crippen LogP contribution in [0.1, 0.15) is 25.8 Å². The molecule has 0 amide bonds. The molecule has 2 aromatic carbocycles. The van der Waals surface area contributed by atoms with Gasteiger partial charge in [0, 0.05) is 22.5 Å². The summed E-state index contributed by atoms with van der Waals surface area (Å²) in [6, 6.07) is 13.2. The van der Waals surface area contributed by atoms with Crippen molar-refractivity contribution in [3.05, 3.63) is 52.5 Å². The van der Waals surface area contributed by atoms with Gasteiger partial charge in [0.25, 0.3) is 0 Å². The van der Waals surface area contributed by atoms with Gasteiger partial charge in [-0.1, -0.05) is 47.1 Å². The number of hydrogen-bond donors (Lipinski definition) is 2. The van der Waals surface area contributed by atoms with Crippen LogP contribution >= 0.6 is 23.5 Å². The molecule has 3 aromatic rings. The molecule has 0 saturated heterocycles. The summed E-state index contributed by atoms with van der Waals surface area (Å²) < 4.78 is 18.5. The van der Waals surface area contributed by atoms with Crippen LogP contribution < -0.4 is 5.32 Å². The number of benzene rings is 2. The van der Waals surface area contributed by atoms with Crippen LogP contribution in [0, 0.1) is 0 Å². The molecule has 0 aliphatic heterocycles. The molecule has 1 aromatic heterocycles. The molecular weight excluding hydrogens is 441 g/mol. The monoisotopic (exact) mass is 463 g/mol. The van der Waals surface area contributed by atoms with E-state index in [1.165, 1.54) is 0 Å². The fourth-order valence-corrected chi connectivity index (χ4v) is 4.62. The van der Waals surface area contributed by atoms with E-state index in [2.05, 4.69) is 31.2 Å². The molecule has 0 aliphatic rings. The first kappa shape index (κ1) is 20.9.